The zero-order valence-corrected chi connectivity index (χ0v) is 28.2. The average Bonchev–Trinajstić information content (AvgIpc) is 3.34. The fourth-order valence-electron chi connectivity index (χ4n) is 5.59. The van der Waals surface area contributed by atoms with Crippen LogP contribution in [-0.4, -0.2) is 23.8 Å². The lowest BCUT2D eigenvalue weighted by atomic mass is 9.93. The van der Waals surface area contributed by atoms with Crippen molar-refractivity contribution in [3.05, 3.63) is 138 Å². The molecule has 0 unspecified atom stereocenters. The normalized spacial score (nSPS) is 14.5. The minimum Gasteiger partial charge on any atom is -0.490 e. The zero-order chi connectivity index (χ0) is 33.7. The van der Waals surface area contributed by atoms with Crippen molar-refractivity contribution in [2.75, 3.05) is 13.2 Å². The van der Waals surface area contributed by atoms with Gasteiger partial charge in [0, 0.05) is 11.1 Å². The van der Waals surface area contributed by atoms with Gasteiger partial charge in [0.15, 0.2) is 16.3 Å². The Hall–Kier alpha value is -4.76. The van der Waals surface area contributed by atoms with Gasteiger partial charge in [-0.1, -0.05) is 73.7 Å². The van der Waals surface area contributed by atoms with Crippen LogP contribution in [0.15, 0.2) is 94.4 Å². The van der Waals surface area contributed by atoms with Crippen LogP contribution in [-0.2, 0) is 22.6 Å². The number of fused-ring (bicyclic) bond motifs is 1. The Morgan fingerprint density at radius 2 is 1.81 bits per heavy atom. The van der Waals surface area contributed by atoms with Gasteiger partial charge in [0.25, 0.3) is 5.56 Å². The summed E-state index contributed by atoms with van der Waals surface area (Å²) in [5.41, 5.74) is 4.45. The lowest BCUT2D eigenvalue weighted by molar-refractivity contribution is -0.139. The van der Waals surface area contributed by atoms with Crippen LogP contribution in [0.4, 0.5) is 4.39 Å². The summed E-state index contributed by atoms with van der Waals surface area (Å²) in [5.74, 6) is 0.455. The standard InChI is InChI=1S/C38H39FN2O5S/c1-7-12-28-19-25(20-31(44-8-2)35(28)46-22-29-13-10-11-14-30(29)39)21-32-36(42)41-34(27-17-15-26(16-18-27)23(4)5)33(37(43)45-9-3)24(6)40-38(41)47-32/h7,10-11,13-21,23,34H,1,8-9,12,22H2,2-6H3/b32-21+/t34-/m0/s1. The van der Waals surface area contributed by atoms with Crippen LogP contribution in [0.3, 0.4) is 0 Å². The Morgan fingerprint density at radius 1 is 1.06 bits per heavy atom. The van der Waals surface area contributed by atoms with Crippen LogP contribution in [0, 0.1) is 5.82 Å². The van der Waals surface area contributed by atoms with Gasteiger partial charge < -0.3 is 14.2 Å². The van der Waals surface area contributed by atoms with E-state index in [9.17, 15) is 14.0 Å². The summed E-state index contributed by atoms with van der Waals surface area (Å²) >= 11 is 1.25. The lowest BCUT2D eigenvalue weighted by Gasteiger charge is -2.25. The number of aromatic nitrogens is 1. The van der Waals surface area contributed by atoms with Crippen molar-refractivity contribution in [1.82, 2.24) is 4.57 Å². The Morgan fingerprint density at radius 3 is 2.47 bits per heavy atom. The molecule has 0 radical (unpaired) electrons. The summed E-state index contributed by atoms with van der Waals surface area (Å²) in [6.45, 7) is 14.1. The van der Waals surface area contributed by atoms with E-state index in [1.54, 1.807) is 48.8 Å². The fourth-order valence-corrected chi connectivity index (χ4v) is 6.63. The van der Waals surface area contributed by atoms with Crippen molar-refractivity contribution in [2.45, 2.75) is 59.6 Å². The molecule has 1 aliphatic rings. The van der Waals surface area contributed by atoms with E-state index < -0.39 is 12.0 Å². The van der Waals surface area contributed by atoms with E-state index in [4.69, 9.17) is 19.2 Å². The quantitative estimate of drug-likeness (QED) is 0.125. The maximum atomic E-state index is 14.3. The van der Waals surface area contributed by atoms with Gasteiger partial charge in [-0.15, -0.1) is 6.58 Å². The molecule has 1 atom stereocenters. The van der Waals surface area contributed by atoms with Crippen LogP contribution >= 0.6 is 11.3 Å². The maximum absolute atomic E-state index is 14.3. The number of hydrogen-bond acceptors (Lipinski definition) is 7. The number of hydrogen-bond donors (Lipinski definition) is 0. The van der Waals surface area contributed by atoms with Gasteiger partial charge in [-0.3, -0.25) is 9.36 Å². The molecule has 0 amide bonds. The summed E-state index contributed by atoms with van der Waals surface area (Å²) in [5, 5.41) is 0. The first kappa shape index (κ1) is 33.6. The number of allylic oxidation sites excluding steroid dienone is 2. The van der Waals surface area contributed by atoms with Crippen molar-refractivity contribution in [3.8, 4) is 11.5 Å². The fraction of sp³-hybridized carbons (Fsp3) is 0.289. The van der Waals surface area contributed by atoms with Crippen LogP contribution in [0.2, 0.25) is 0 Å². The number of carbonyl (C=O) groups is 1. The van der Waals surface area contributed by atoms with E-state index >= 15 is 0 Å². The highest BCUT2D eigenvalue weighted by Gasteiger charge is 2.33. The van der Waals surface area contributed by atoms with Gasteiger partial charge >= 0.3 is 5.97 Å². The minimum atomic E-state index is -0.696. The molecule has 244 valence electrons. The third-order valence-electron chi connectivity index (χ3n) is 7.88. The third kappa shape index (κ3) is 7.15. The first-order valence-corrected chi connectivity index (χ1v) is 16.5. The molecule has 0 fully saturated rings. The van der Waals surface area contributed by atoms with Gasteiger partial charge in [-0.25, -0.2) is 14.2 Å². The molecular formula is C38H39FN2O5S. The molecule has 0 N–H and O–H groups in total. The molecule has 5 rings (SSSR count). The lowest BCUT2D eigenvalue weighted by Crippen LogP contribution is -2.39. The smallest absolute Gasteiger partial charge is 0.338 e. The Labute approximate surface area is 278 Å². The minimum absolute atomic E-state index is 0.0230. The second-order valence-electron chi connectivity index (χ2n) is 11.4. The Balaban J connectivity index is 1.63. The van der Waals surface area contributed by atoms with Crippen molar-refractivity contribution < 1.29 is 23.4 Å². The Bertz CT molecular complexity index is 2010. The maximum Gasteiger partial charge on any atom is 0.338 e. The number of benzene rings is 3. The number of nitrogens with zero attached hydrogens (tertiary/aromatic N) is 2. The van der Waals surface area contributed by atoms with Gasteiger partial charge in [0.2, 0.25) is 0 Å². The first-order chi connectivity index (χ1) is 22.7. The van der Waals surface area contributed by atoms with E-state index in [-0.39, 0.29) is 24.6 Å². The van der Waals surface area contributed by atoms with E-state index in [0.717, 1.165) is 16.7 Å². The average molecular weight is 655 g/mol. The summed E-state index contributed by atoms with van der Waals surface area (Å²) in [4.78, 5) is 32.6. The van der Waals surface area contributed by atoms with E-state index in [1.165, 1.54) is 17.4 Å². The molecule has 47 heavy (non-hydrogen) atoms. The SMILES string of the molecule is C=CCc1cc(/C=c2/sc3n(c2=O)[C@@H](c2ccc(C(C)C)cc2)C(C(=O)OCC)=C(C)N=3)cc(OCC)c1OCc1ccccc1F. The predicted molar refractivity (Wildman–Crippen MR) is 183 cm³/mol. The van der Waals surface area contributed by atoms with Gasteiger partial charge in [0.1, 0.15) is 12.4 Å². The summed E-state index contributed by atoms with van der Waals surface area (Å²) < 4.78 is 33.9. The van der Waals surface area contributed by atoms with Crippen LogP contribution in [0.5, 0.6) is 11.5 Å². The van der Waals surface area contributed by atoms with E-state index in [2.05, 4.69) is 20.4 Å². The molecule has 2 heterocycles. The van der Waals surface area contributed by atoms with Crippen molar-refractivity contribution in [1.29, 1.82) is 0 Å². The largest absolute Gasteiger partial charge is 0.490 e. The number of halogens is 1. The molecule has 1 aromatic heterocycles. The number of ether oxygens (including phenoxy) is 3. The van der Waals surface area contributed by atoms with Crippen molar-refractivity contribution in [3.63, 3.8) is 0 Å². The highest BCUT2D eigenvalue weighted by Crippen LogP contribution is 2.35. The van der Waals surface area contributed by atoms with Crippen LogP contribution in [0.1, 0.15) is 74.4 Å². The second-order valence-corrected chi connectivity index (χ2v) is 12.4. The van der Waals surface area contributed by atoms with Crippen molar-refractivity contribution >= 4 is 23.4 Å². The molecule has 7 nitrogen and oxygen atoms in total. The summed E-state index contributed by atoms with van der Waals surface area (Å²) in [6.07, 6.45) is 4.01. The molecule has 3 aromatic carbocycles. The van der Waals surface area contributed by atoms with Gasteiger partial charge in [-0.05, 0) is 74.1 Å². The summed E-state index contributed by atoms with van der Waals surface area (Å²) in [7, 11) is 0. The van der Waals surface area contributed by atoms with Crippen molar-refractivity contribution in [2.24, 2.45) is 4.99 Å². The highest BCUT2D eigenvalue weighted by molar-refractivity contribution is 7.07. The molecule has 4 aromatic rings. The van der Waals surface area contributed by atoms with E-state index in [0.29, 0.717) is 62.2 Å². The molecule has 0 saturated carbocycles. The molecule has 1 aliphatic heterocycles. The monoisotopic (exact) mass is 654 g/mol. The van der Waals surface area contributed by atoms with Gasteiger partial charge in [-0.2, -0.15) is 0 Å². The predicted octanol–water partition coefficient (Wildman–Crippen LogP) is 6.77. The molecule has 0 aliphatic carbocycles. The molecule has 0 spiro atoms. The number of thiazole rings is 1. The Kier molecular flexibility index (Phi) is 10.6. The molecule has 0 saturated heterocycles. The molecular weight excluding hydrogens is 615 g/mol. The second kappa shape index (κ2) is 14.8. The number of rotatable bonds is 12. The van der Waals surface area contributed by atoms with E-state index in [1.807, 2.05) is 43.3 Å². The molecule has 9 heteroatoms. The first-order valence-electron chi connectivity index (χ1n) is 15.7. The van der Waals surface area contributed by atoms with Crippen LogP contribution < -0.4 is 24.4 Å². The van der Waals surface area contributed by atoms with Gasteiger partial charge in [0.05, 0.1) is 35.1 Å². The topological polar surface area (TPSA) is 79.1 Å². The highest BCUT2D eigenvalue weighted by atomic mass is 32.1. The summed E-state index contributed by atoms with van der Waals surface area (Å²) in [6, 6.07) is 17.5. The number of carbonyl (C=O) groups excluding carboxylic acids is 1. The molecule has 0 bridgehead atoms. The van der Waals surface area contributed by atoms with Crippen LogP contribution in [0.25, 0.3) is 6.08 Å². The zero-order valence-electron chi connectivity index (χ0n) is 27.3. The third-order valence-corrected chi connectivity index (χ3v) is 8.86. The number of esters is 1.